The topological polar surface area (TPSA) is 39.2 Å². The van der Waals surface area contributed by atoms with Crippen LogP contribution in [0.3, 0.4) is 0 Å². The van der Waals surface area contributed by atoms with Gasteiger partial charge in [-0.1, -0.05) is 6.07 Å². The van der Waals surface area contributed by atoms with Gasteiger partial charge in [0.15, 0.2) is 5.78 Å². The highest BCUT2D eigenvalue weighted by atomic mass is 16.5. The van der Waals surface area contributed by atoms with Crippen molar-refractivity contribution >= 4 is 16.7 Å². The number of hydrogen-bond donors (Lipinski definition) is 0. The second-order valence-corrected chi connectivity index (χ2v) is 4.34. The Hall–Kier alpha value is -1.74. The van der Waals surface area contributed by atoms with E-state index < -0.39 is 0 Å². The molecule has 3 nitrogen and oxygen atoms in total. The van der Waals surface area contributed by atoms with Gasteiger partial charge in [-0.2, -0.15) is 0 Å². The predicted octanol–water partition coefficient (Wildman–Crippen LogP) is 2.45. The molecule has 0 amide bonds. The van der Waals surface area contributed by atoms with E-state index in [0.29, 0.717) is 13.2 Å². The summed E-state index contributed by atoms with van der Waals surface area (Å²) < 4.78 is 5.25. The number of carbonyl (C=O) groups is 1. The molecular weight excluding hydrogens is 214 g/mol. The van der Waals surface area contributed by atoms with Crippen molar-refractivity contribution < 1.29 is 9.53 Å². The maximum Gasteiger partial charge on any atom is 0.168 e. The van der Waals surface area contributed by atoms with Crippen LogP contribution in [0.5, 0.6) is 0 Å². The summed E-state index contributed by atoms with van der Waals surface area (Å²) in [5, 5.41) is 1.01. The molecule has 0 aliphatic carbocycles. The Morgan fingerprint density at radius 1 is 1.35 bits per heavy atom. The lowest BCUT2D eigenvalue weighted by molar-refractivity contribution is 0.0900. The number of hydrogen-bond acceptors (Lipinski definition) is 3. The Kier molecular flexibility index (Phi) is 2.61. The van der Waals surface area contributed by atoms with Crippen LogP contribution in [0.25, 0.3) is 10.9 Å². The zero-order chi connectivity index (χ0) is 11.7. The molecule has 1 unspecified atom stereocenters. The molecule has 0 radical (unpaired) electrons. The lowest BCUT2D eigenvalue weighted by atomic mass is 9.96. The second kappa shape index (κ2) is 4.26. The first-order chi connectivity index (χ1) is 8.34. The molecule has 0 bridgehead atoms. The Morgan fingerprint density at radius 3 is 3.12 bits per heavy atom. The van der Waals surface area contributed by atoms with Gasteiger partial charge >= 0.3 is 0 Å². The second-order valence-electron chi connectivity index (χ2n) is 4.34. The van der Waals surface area contributed by atoms with Gasteiger partial charge in [-0.25, -0.2) is 0 Å². The van der Waals surface area contributed by atoms with Crippen LogP contribution in [0, 0.1) is 5.92 Å². The maximum absolute atomic E-state index is 12.2. The summed E-state index contributed by atoms with van der Waals surface area (Å²) >= 11 is 0. The van der Waals surface area contributed by atoms with Gasteiger partial charge in [0.2, 0.25) is 0 Å². The number of pyridine rings is 1. The van der Waals surface area contributed by atoms with Crippen molar-refractivity contribution in [2.45, 2.75) is 6.42 Å². The molecular formula is C14H13NO2. The van der Waals surface area contributed by atoms with Gasteiger partial charge in [0.05, 0.1) is 12.1 Å². The first kappa shape index (κ1) is 10.4. The number of ether oxygens (including phenoxy) is 1. The van der Waals surface area contributed by atoms with Crippen molar-refractivity contribution in [2.75, 3.05) is 13.2 Å². The smallest absolute Gasteiger partial charge is 0.168 e. The van der Waals surface area contributed by atoms with Gasteiger partial charge in [-0.05, 0) is 30.7 Å². The molecule has 0 saturated carbocycles. The van der Waals surface area contributed by atoms with Crippen LogP contribution in [-0.4, -0.2) is 24.0 Å². The van der Waals surface area contributed by atoms with E-state index in [4.69, 9.17) is 4.74 Å². The third kappa shape index (κ3) is 1.94. The van der Waals surface area contributed by atoms with Crippen molar-refractivity contribution in [3.63, 3.8) is 0 Å². The van der Waals surface area contributed by atoms with Crippen LogP contribution in [0.1, 0.15) is 16.8 Å². The first-order valence-corrected chi connectivity index (χ1v) is 5.81. The van der Waals surface area contributed by atoms with E-state index in [-0.39, 0.29) is 11.7 Å². The normalized spacial score (nSPS) is 19.6. The molecule has 3 heteroatoms. The third-order valence-corrected chi connectivity index (χ3v) is 3.19. The van der Waals surface area contributed by atoms with Gasteiger partial charge in [-0.3, -0.25) is 9.78 Å². The molecule has 3 rings (SSSR count). The average molecular weight is 227 g/mol. The van der Waals surface area contributed by atoms with Gasteiger partial charge in [0.25, 0.3) is 0 Å². The molecule has 1 atom stereocenters. The number of aromatic nitrogens is 1. The number of benzene rings is 1. The Labute approximate surface area is 99.4 Å². The zero-order valence-corrected chi connectivity index (χ0v) is 9.43. The van der Waals surface area contributed by atoms with Crippen LogP contribution in [-0.2, 0) is 4.74 Å². The highest BCUT2D eigenvalue weighted by Gasteiger charge is 2.24. The van der Waals surface area contributed by atoms with Gasteiger partial charge < -0.3 is 4.74 Å². The maximum atomic E-state index is 12.2. The van der Waals surface area contributed by atoms with E-state index in [0.717, 1.165) is 22.9 Å². The molecule has 1 aliphatic rings. The number of carbonyl (C=O) groups excluding carboxylic acids is 1. The van der Waals surface area contributed by atoms with Crippen LogP contribution < -0.4 is 0 Å². The minimum Gasteiger partial charge on any atom is -0.381 e. The molecule has 86 valence electrons. The number of fused-ring (bicyclic) bond motifs is 1. The van der Waals surface area contributed by atoms with Crippen molar-refractivity contribution in [1.82, 2.24) is 4.98 Å². The van der Waals surface area contributed by atoms with Crippen LogP contribution >= 0.6 is 0 Å². The summed E-state index contributed by atoms with van der Waals surface area (Å²) in [6, 6.07) is 9.54. The zero-order valence-electron chi connectivity index (χ0n) is 9.43. The fourth-order valence-corrected chi connectivity index (χ4v) is 2.21. The summed E-state index contributed by atoms with van der Waals surface area (Å²) in [6.45, 7) is 1.26. The van der Waals surface area contributed by atoms with Crippen LogP contribution in [0.2, 0.25) is 0 Å². The van der Waals surface area contributed by atoms with Crippen molar-refractivity contribution in [1.29, 1.82) is 0 Å². The molecule has 0 N–H and O–H groups in total. The van der Waals surface area contributed by atoms with E-state index >= 15 is 0 Å². The minimum absolute atomic E-state index is 0.0316. The van der Waals surface area contributed by atoms with E-state index in [1.165, 1.54) is 0 Å². The number of ketones is 1. The number of Topliss-reactive ketones (excluding diaryl/α,β-unsaturated/α-hetero) is 1. The Bertz CT molecular complexity index is 559. The standard InChI is InChI=1S/C14H13NO2/c16-14(12-5-7-17-9-12)11-3-4-13-10(8-11)2-1-6-15-13/h1-4,6,8,12H,5,7,9H2. The number of nitrogens with zero attached hydrogens (tertiary/aromatic N) is 1. The van der Waals surface area contributed by atoms with Crippen molar-refractivity contribution in [3.8, 4) is 0 Å². The molecule has 1 aliphatic heterocycles. The fraction of sp³-hybridized carbons (Fsp3) is 0.286. The van der Waals surface area contributed by atoms with Crippen LogP contribution in [0.4, 0.5) is 0 Å². The Morgan fingerprint density at radius 2 is 2.29 bits per heavy atom. The van der Waals surface area contributed by atoms with E-state index in [2.05, 4.69) is 4.98 Å². The van der Waals surface area contributed by atoms with E-state index in [1.54, 1.807) is 6.20 Å². The lowest BCUT2D eigenvalue weighted by Gasteiger charge is -2.07. The largest absolute Gasteiger partial charge is 0.381 e. The summed E-state index contributed by atoms with van der Waals surface area (Å²) in [7, 11) is 0. The van der Waals surface area contributed by atoms with Crippen LogP contribution in [0.15, 0.2) is 36.5 Å². The summed E-state index contributed by atoms with van der Waals surface area (Å²) in [6.07, 6.45) is 2.60. The third-order valence-electron chi connectivity index (χ3n) is 3.19. The highest BCUT2D eigenvalue weighted by molar-refractivity contribution is 6.00. The number of rotatable bonds is 2. The molecule has 1 saturated heterocycles. The van der Waals surface area contributed by atoms with Crippen molar-refractivity contribution in [2.24, 2.45) is 5.92 Å². The minimum atomic E-state index is 0.0316. The summed E-state index contributed by atoms with van der Waals surface area (Å²) in [4.78, 5) is 16.4. The first-order valence-electron chi connectivity index (χ1n) is 5.81. The fourth-order valence-electron chi connectivity index (χ4n) is 2.21. The lowest BCUT2D eigenvalue weighted by Crippen LogP contribution is -2.14. The molecule has 0 spiro atoms. The summed E-state index contributed by atoms with van der Waals surface area (Å²) in [5.41, 5.74) is 1.69. The van der Waals surface area contributed by atoms with Gasteiger partial charge in [-0.15, -0.1) is 0 Å². The molecule has 1 aromatic carbocycles. The average Bonchev–Trinajstić information content (AvgIpc) is 2.91. The predicted molar refractivity (Wildman–Crippen MR) is 65.0 cm³/mol. The molecule has 1 aromatic heterocycles. The molecule has 17 heavy (non-hydrogen) atoms. The highest BCUT2D eigenvalue weighted by Crippen LogP contribution is 2.21. The summed E-state index contributed by atoms with van der Waals surface area (Å²) in [5.74, 6) is 0.220. The molecule has 2 aromatic rings. The Balaban J connectivity index is 1.97. The quantitative estimate of drug-likeness (QED) is 0.740. The van der Waals surface area contributed by atoms with E-state index in [9.17, 15) is 4.79 Å². The van der Waals surface area contributed by atoms with Gasteiger partial charge in [0.1, 0.15) is 0 Å². The molecule has 2 heterocycles. The van der Waals surface area contributed by atoms with E-state index in [1.807, 2.05) is 30.3 Å². The van der Waals surface area contributed by atoms with Gasteiger partial charge in [0, 0.05) is 29.7 Å². The monoisotopic (exact) mass is 227 g/mol. The SMILES string of the molecule is O=C(c1ccc2ncccc2c1)C1CCOC1. The van der Waals surface area contributed by atoms with Crippen molar-refractivity contribution in [3.05, 3.63) is 42.1 Å². The molecule has 1 fully saturated rings.